The average molecular weight is 268 g/mol. The van der Waals surface area contributed by atoms with Crippen molar-refractivity contribution in [3.63, 3.8) is 0 Å². The number of nitrogens with one attached hydrogen (secondary N) is 1. The summed E-state index contributed by atoms with van der Waals surface area (Å²) < 4.78 is 24.8. The number of para-hydroxylation sites is 1. The van der Waals surface area contributed by atoms with Crippen molar-refractivity contribution >= 4 is 21.6 Å². The Morgan fingerprint density at radius 1 is 1.28 bits per heavy atom. The molecule has 18 heavy (non-hydrogen) atoms. The average Bonchev–Trinajstić information content (AvgIpc) is 2.53. The Bertz CT molecular complexity index is 542. The number of carbonyl (C=O) groups is 1. The van der Waals surface area contributed by atoms with E-state index in [4.69, 9.17) is 0 Å². The van der Waals surface area contributed by atoms with Crippen LogP contribution in [0.15, 0.2) is 30.3 Å². The minimum Gasteiger partial charge on any atom is -0.308 e. The predicted octanol–water partition coefficient (Wildman–Crippen LogP) is 0.730. The highest BCUT2D eigenvalue weighted by molar-refractivity contribution is 7.88. The molecule has 0 saturated carbocycles. The van der Waals surface area contributed by atoms with Gasteiger partial charge in [-0.3, -0.25) is 4.79 Å². The van der Waals surface area contributed by atoms with Gasteiger partial charge in [0.25, 0.3) is 0 Å². The maximum atomic E-state index is 12.2. The third-order valence-corrected chi connectivity index (χ3v) is 3.66. The summed E-state index contributed by atoms with van der Waals surface area (Å²) >= 11 is 0. The van der Waals surface area contributed by atoms with E-state index in [0.717, 1.165) is 11.9 Å². The first-order valence-electron chi connectivity index (χ1n) is 5.74. The van der Waals surface area contributed by atoms with Crippen molar-refractivity contribution in [3.05, 3.63) is 30.3 Å². The van der Waals surface area contributed by atoms with Gasteiger partial charge in [0.05, 0.1) is 6.26 Å². The third-order valence-electron chi connectivity index (χ3n) is 2.94. The molecule has 1 N–H and O–H groups in total. The fourth-order valence-electron chi connectivity index (χ4n) is 2.26. The van der Waals surface area contributed by atoms with E-state index in [1.807, 2.05) is 37.3 Å². The molecule has 1 amide bonds. The van der Waals surface area contributed by atoms with Gasteiger partial charge in [-0.2, -0.15) is 0 Å². The van der Waals surface area contributed by atoms with Crippen molar-refractivity contribution in [3.8, 4) is 0 Å². The number of anilines is 1. The molecule has 1 aliphatic heterocycles. The molecule has 1 aromatic rings. The number of benzene rings is 1. The van der Waals surface area contributed by atoms with Gasteiger partial charge in [0.15, 0.2) is 0 Å². The summed E-state index contributed by atoms with van der Waals surface area (Å²) in [6, 6.07) is 8.60. The van der Waals surface area contributed by atoms with E-state index in [-0.39, 0.29) is 11.9 Å². The van der Waals surface area contributed by atoms with Gasteiger partial charge in [0.2, 0.25) is 15.9 Å². The summed E-state index contributed by atoms with van der Waals surface area (Å²) in [6.07, 6.45) is 1.55. The van der Waals surface area contributed by atoms with E-state index in [2.05, 4.69) is 4.72 Å². The second-order valence-electron chi connectivity index (χ2n) is 4.57. The molecule has 2 rings (SSSR count). The first-order valence-corrected chi connectivity index (χ1v) is 7.63. The summed E-state index contributed by atoms with van der Waals surface area (Å²) in [5.74, 6) is -0.195. The van der Waals surface area contributed by atoms with Crippen molar-refractivity contribution in [2.75, 3.05) is 11.2 Å². The number of nitrogens with zero attached hydrogens (tertiary/aromatic N) is 1. The van der Waals surface area contributed by atoms with Gasteiger partial charge in [-0.25, -0.2) is 13.1 Å². The summed E-state index contributed by atoms with van der Waals surface area (Å²) in [7, 11) is -3.37. The van der Waals surface area contributed by atoms with E-state index >= 15 is 0 Å². The van der Waals surface area contributed by atoms with E-state index in [0.29, 0.717) is 6.42 Å². The second kappa shape index (κ2) is 4.70. The highest BCUT2D eigenvalue weighted by Gasteiger charge is 2.39. The summed E-state index contributed by atoms with van der Waals surface area (Å²) in [4.78, 5) is 13.8. The summed E-state index contributed by atoms with van der Waals surface area (Å²) in [5.41, 5.74) is 0.799. The Hall–Kier alpha value is -1.40. The van der Waals surface area contributed by atoms with Gasteiger partial charge >= 0.3 is 0 Å². The fraction of sp³-hybridized carbons (Fsp3) is 0.417. The standard InChI is InChI=1S/C12H16N2O3S/c1-9-8-11(13-18(2,16)17)12(15)14(9)10-6-4-3-5-7-10/h3-7,9,11,13H,8H2,1-2H3/t9-,11+/m0/s1. The van der Waals surface area contributed by atoms with Crippen LogP contribution < -0.4 is 9.62 Å². The molecule has 2 atom stereocenters. The molecule has 1 aliphatic rings. The molecule has 1 heterocycles. The highest BCUT2D eigenvalue weighted by atomic mass is 32.2. The van der Waals surface area contributed by atoms with Crippen LogP contribution in [0.4, 0.5) is 5.69 Å². The van der Waals surface area contributed by atoms with Crippen molar-refractivity contribution in [1.29, 1.82) is 0 Å². The molecule has 1 saturated heterocycles. The van der Waals surface area contributed by atoms with Crippen LogP contribution in [0.1, 0.15) is 13.3 Å². The molecular formula is C12H16N2O3S. The zero-order valence-corrected chi connectivity index (χ0v) is 11.1. The van der Waals surface area contributed by atoms with E-state index in [1.54, 1.807) is 4.90 Å². The fourth-order valence-corrected chi connectivity index (χ4v) is 2.97. The van der Waals surface area contributed by atoms with Gasteiger partial charge in [0.1, 0.15) is 6.04 Å². The van der Waals surface area contributed by atoms with Crippen LogP contribution in [-0.2, 0) is 14.8 Å². The normalized spacial score (nSPS) is 24.6. The highest BCUT2D eigenvalue weighted by Crippen LogP contribution is 2.26. The Morgan fingerprint density at radius 3 is 2.44 bits per heavy atom. The Labute approximate surface area is 107 Å². The van der Waals surface area contributed by atoms with Gasteiger partial charge in [-0.05, 0) is 25.5 Å². The van der Waals surface area contributed by atoms with Crippen molar-refractivity contribution in [2.45, 2.75) is 25.4 Å². The molecular weight excluding hydrogens is 252 g/mol. The minimum atomic E-state index is -3.37. The number of amides is 1. The maximum absolute atomic E-state index is 12.2. The quantitative estimate of drug-likeness (QED) is 0.879. The lowest BCUT2D eigenvalue weighted by Crippen LogP contribution is -2.41. The summed E-state index contributed by atoms with van der Waals surface area (Å²) in [5, 5.41) is 0. The lowest BCUT2D eigenvalue weighted by Gasteiger charge is -2.21. The Morgan fingerprint density at radius 2 is 1.89 bits per heavy atom. The zero-order chi connectivity index (χ0) is 13.3. The van der Waals surface area contributed by atoms with E-state index in [1.165, 1.54) is 0 Å². The van der Waals surface area contributed by atoms with Gasteiger partial charge < -0.3 is 4.90 Å². The van der Waals surface area contributed by atoms with Crippen molar-refractivity contribution in [2.24, 2.45) is 0 Å². The lowest BCUT2D eigenvalue weighted by atomic mass is 10.2. The lowest BCUT2D eigenvalue weighted by molar-refractivity contribution is -0.118. The molecule has 0 unspecified atom stereocenters. The van der Waals surface area contributed by atoms with Gasteiger partial charge in [0, 0.05) is 11.7 Å². The van der Waals surface area contributed by atoms with Crippen LogP contribution >= 0.6 is 0 Å². The Balaban J connectivity index is 2.23. The largest absolute Gasteiger partial charge is 0.308 e. The molecule has 0 bridgehead atoms. The van der Waals surface area contributed by atoms with Crippen molar-refractivity contribution < 1.29 is 13.2 Å². The van der Waals surface area contributed by atoms with Crippen LogP contribution in [0, 0.1) is 0 Å². The maximum Gasteiger partial charge on any atom is 0.245 e. The van der Waals surface area contributed by atoms with Crippen LogP contribution in [0.3, 0.4) is 0 Å². The third kappa shape index (κ3) is 2.70. The molecule has 1 aromatic carbocycles. The predicted molar refractivity (Wildman–Crippen MR) is 69.8 cm³/mol. The second-order valence-corrected chi connectivity index (χ2v) is 6.35. The number of carbonyl (C=O) groups excluding carboxylic acids is 1. The monoisotopic (exact) mass is 268 g/mol. The van der Waals surface area contributed by atoms with E-state index < -0.39 is 16.1 Å². The van der Waals surface area contributed by atoms with Crippen LogP contribution in [0.5, 0.6) is 0 Å². The molecule has 98 valence electrons. The number of hydrogen-bond donors (Lipinski definition) is 1. The van der Waals surface area contributed by atoms with Gasteiger partial charge in [-0.1, -0.05) is 18.2 Å². The molecule has 6 heteroatoms. The molecule has 0 aromatic heterocycles. The first kappa shape index (κ1) is 13.0. The molecule has 0 spiro atoms. The van der Waals surface area contributed by atoms with Crippen LogP contribution in [-0.4, -0.2) is 32.7 Å². The summed E-state index contributed by atoms with van der Waals surface area (Å²) in [6.45, 7) is 1.91. The number of sulfonamides is 1. The van der Waals surface area contributed by atoms with Crippen LogP contribution in [0.2, 0.25) is 0 Å². The number of hydrogen-bond acceptors (Lipinski definition) is 3. The molecule has 1 fully saturated rings. The minimum absolute atomic E-state index is 0.0147. The van der Waals surface area contributed by atoms with E-state index in [9.17, 15) is 13.2 Å². The van der Waals surface area contributed by atoms with Crippen molar-refractivity contribution in [1.82, 2.24) is 4.72 Å². The Kier molecular flexibility index (Phi) is 3.41. The van der Waals surface area contributed by atoms with Gasteiger partial charge in [-0.15, -0.1) is 0 Å². The molecule has 0 aliphatic carbocycles. The first-order chi connectivity index (χ1) is 8.38. The number of rotatable bonds is 3. The topological polar surface area (TPSA) is 66.5 Å². The SMILES string of the molecule is C[C@H]1C[C@@H](NS(C)(=O)=O)C(=O)N1c1ccccc1. The smallest absolute Gasteiger partial charge is 0.245 e. The molecule has 0 radical (unpaired) electrons. The molecule has 5 nitrogen and oxygen atoms in total. The zero-order valence-electron chi connectivity index (χ0n) is 10.3. The van der Waals surface area contributed by atoms with Crippen LogP contribution in [0.25, 0.3) is 0 Å².